The highest BCUT2D eigenvalue weighted by molar-refractivity contribution is 5.97. The third-order valence-corrected chi connectivity index (χ3v) is 3.01. The molecule has 0 saturated heterocycles. The lowest BCUT2D eigenvalue weighted by molar-refractivity contribution is -0.119. The number of nitrogens with zero attached hydrogens (tertiary/aromatic N) is 3. The molecule has 0 fully saturated rings. The van der Waals surface area contributed by atoms with E-state index in [4.69, 9.17) is 5.84 Å². The van der Waals surface area contributed by atoms with Gasteiger partial charge >= 0.3 is 0 Å². The molecule has 1 amide bonds. The Morgan fingerprint density at radius 3 is 2.15 bits per heavy atom. The number of likely N-dealkylation sites (N-methyl/N-ethyl adjacent to an activating group) is 1. The van der Waals surface area contributed by atoms with Crippen LogP contribution in [0.1, 0.15) is 11.6 Å². The second kappa shape index (κ2) is 6.47. The maximum Gasteiger partial charge on any atom is 0.258 e. The topological polar surface area (TPSA) is 71.0 Å². The second-order valence-electron chi connectivity index (χ2n) is 4.28. The molecule has 0 radical (unpaired) electrons. The molecule has 20 heavy (non-hydrogen) atoms. The number of carbonyl (C=O) groups excluding carboxylic acids is 1. The van der Waals surface area contributed by atoms with Crippen molar-refractivity contribution in [3.63, 3.8) is 0 Å². The number of para-hydroxylation sites is 1. The summed E-state index contributed by atoms with van der Waals surface area (Å²) in [7, 11) is 1.71. The molecular formula is C15H16N4O. The first kappa shape index (κ1) is 13.7. The Labute approximate surface area is 117 Å². The van der Waals surface area contributed by atoms with Gasteiger partial charge < -0.3 is 10.7 Å². The monoisotopic (exact) mass is 268 g/mol. The Morgan fingerprint density at radius 1 is 1.05 bits per heavy atom. The van der Waals surface area contributed by atoms with E-state index in [1.165, 1.54) is 0 Å². The van der Waals surface area contributed by atoms with Crippen molar-refractivity contribution in [1.29, 1.82) is 0 Å². The molecule has 0 heterocycles. The highest BCUT2D eigenvalue weighted by atomic mass is 16.2. The summed E-state index contributed by atoms with van der Waals surface area (Å²) in [5, 5.41) is 7.14. The molecule has 2 rings (SSSR count). The van der Waals surface area contributed by atoms with Crippen LogP contribution in [0.25, 0.3) is 0 Å². The van der Waals surface area contributed by atoms with Crippen LogP contribution in [0, 0.1) is 0 Å². The van der Waals surface area contributed by atoms with Crippen LogP contribution in [-0.2, 0) is 4.79 Å². The van der Waals surface area contributed by atoms with Crippen molar-refractivity contribution in [3.8, 4) is 0 Å². The summed E-state index contributed by atoms with van der Waals surface area (Å²) in [4.78, 5) is 14.1. The number of amides is 1. The van der Waals surface area contributed by atoms with Crippen LogP contribution in [0.2, 0.25) is 0 Å². The van der Waals surface area contributed by atoms with Crippen LogP contribution < -0.4 is 10.7 Å². The smallest absolute Gasteiger partial charge is 0.258 e. The number of hydrogen-bond acceptors (Lipinski definition) is 3. The maximum atomic E-state index is 12.6. The van der Waals surface area contributed by atoms with Gasteiger partial charge in [0, 0.05) is 12.7 Å². The lowest BCUT2D eigenvalue weighted by atomic mass is 10.1. The van der Waals surface area contributed by atoms with Gasteiger partial charge in [-0.2, -0.15) is 5.11 Å². The van der Waals surface area contributed by atoms with E-state index in [-0.39, 0.29) is 5.91 Å². The lowest BCUT2D eigenvalue weighted by Gasteiger charge is -2.21. The Kier molecular flexibility index (Phi) is 4.44. The molecule has 102 valence electrons. The van der Waals surface area contributed by atoms with Gasteiger partial charge in [-0.25, -0.2) is 0 Å². The van der Waals surface area contributed by atoms with Crippen LogP contribution in [-0.4, -0.2) is 13.0 Å². The number of rotatable bonds is 4. The Bertz CT molecular complexity index is 583. The highest BCUT2D eigenvalue weighted by Gasteiger charge is 2.24. The third-order valence-electron chi connectivity index (χ3n) is 3.01. The molecule has 2 N–H and O–H groups in total. The number of benzene rings is 2. The first-order chi connectivity index (χ1) is 9.74. The predicted molar refractivity (Wildman–Crippen MR) is 78.1 cm³/mol. The highest BCUT2D eigenvalue weighted by Crippen LogP contribution is 2.23. The van der Waals surface area contributed by atoms with Gasteiger partial charge in [-0.3, -0.25) is 4.79 Å². The van der Waals surface area contributed by atoms with E-state index in [0.717, 1.165) is 11.3 Å². The predicted octanol–water partition coefficient (Wildman–Crippen LogP) is 2.72. The van der Waals surface area contributed by atoms with Gasteiger partial charge in [-0.05, 0) is 17.7 Å². The zero-order valence-corrected chi connectivity index (χ0v) is 11.2. The van der Waals surface area contributed by atoms with E-state index < -0.39 is 6.04 Å². The summed E-state index contributed by atoms with van der Waals surface area (Å²) in [5.41, 5.74) is 1.56. The molecule has 2 aromatic rings. The largest absolute Gasteiger partial charge is 0.313 e. The van der Waals surface area contributed by atoms with Crippen LogP contribution in [0.4, 0.5) is 5.69 Å². The van der Waals surface area contributed by atoms with Crippen molar-refractivity contribution in [2.24, 2.45) is 16.2 Å². The number of anilines is 1. The van der Waals surface area contributed by atoms with E-state index >= 15 is 0 Å². The van der Waals surface area contributed by atoms with Gasteiger partial charge in [0.05, 0.1) is 0 Å². The average Bonchev–Trinajstić information content (AvgIpc) is 2.53. The molecule has 0 aliphatic heterocycles. The first-order valence-corrected chi connectivity index (χ1v) is 6.21. The van der Waals surface area contributed by atoms with Gasteiger partial charge in [-0.15, -0.1) is 0 Å². The summed E-state index contributed by atoms with van der Waals surface area (Å²) < 4.78 is 0. The second-order valence-corrected chi connectivity index (χ2v) is 4.28. The van der Waals surface area contributed by atoms with Crippen molar-refractivity contribution in [1.82, 2.24) is 0 Å². The van der Waals surface area contributed by atoms with Crippen LogP contribution in [0.3, 0.4) is 0 Å². The number of hydrogen-bond donors (Lipinski definition) is 1. The quantitative estimate of drug-likeness (QED) is 0.526. The number of nitrogens with two attached hydrogens (primary N) is 1. The van der Waals surface area contributed by atoms with Crippen molar-refractivity contribution in [3.05, 3.63) is 66.2 Å². The standard InChI is InChI=1S/C15H16N4O/c1-19(13-10-6-3-7-11-13)15(20)14(17-18-16)12-8-4-2-5-9-12/h2-11,14H,1H3,(H2,16,17). The summed E-state index contributed by atoms with van der Waals surface area (Å²) in [6.45, 7) is 0. The molecule has 0 aromatic heterocycles. The van der Waals surface area contributed by atoms with Gasteiger partial charge in [-0.1, -0.05) is 53.8 Å². The molecule has 0 bridgehead atoms. The van der Waals surface area contributed by atoms with Crippen molar-refractivity contribution in [2.75, 3.05) is 11.9 Å². The Morgan fingerprint density at radius 2 is 1.60 bits per heavy atom. The number of carbonyl (C=O) groups is 1. The van der Waals surface area contributed by atoms with Crippen LogP contribution >= 0.6 is 0 Å². The fourth-order valence-electron chi connectivity index (χ4n) is 1.92. The molecular weight excluding hydrogens is 252 g/mol. The van der Waals surface area contributed by atoms with Gasteiger partial charge in [0.15, 0.2) is 6.04 Å². The fraction of sp³-hybridized carbons (Fsp3) is 0.133. The van der Waals surface area contributed by atoms with Gasteiger partial charge in [0.1, 0.15) is 0 Å². The van der Waals surface area contributed by atoms with Crippen molar-refractivity contribution in [2.45, 2.75) is 6.04 Å². The minimum atomic E-state index is -0.730. The zero-order valence-electron chi connectivity index (χ0n) is 11.2. The summed E-state index contributed by atoms with van der Waals surface area (Å²) in [5.74, 6) is 4.95. The maximum absolute atomic E-state index is 12.6. The zero-order chi connectivity index (χ0) is 14.4. The SMILES string of the molecule is CN(C(=O)C(N=NN)c1ccccc1)c1ccccc1. The molecule has 0 aliphatic rings. The van der Waals surface area contributed by atoms with E-state index in [1.807, 2.05) is 60.7 Å². The minimum Gasteiger partial charge on any atom is -0.313 e. The van der Waals surface area contributed by atoms with Crippen molar-refractivity contribution < 1.29 is 4.79 Å². The third kappa shape index (κ3) is 3.00. The normalized spacial score (nSPS) is 12.2. The summed E-state index contributed by atoms with van der Waals surface area (Å²) in [6.07, 6.45) is 0. The summed E-state index contributed by atoms with van der Waals surface area (Å²) >= 11 is 0. The lowest BCUT2D eigenvalue weighted by Crippen LogP contribution is -2.30. The average molecular weight is 268 g/mol. The minimum absolute atomic E-state index is 0.184. The van der Waals surface area contributed by atoms with E-state index in [2.05, 4.69) is 10.3 Å². The van der Waals surface area contributed by atoms with Gasteiger partial charge in [0.2, 0.25) is 0 Å². The van der Waals surface area contributed by atoms with E-state index in [0.29, 0.717) is 0 Å². The molecule has 5 nitrogen and oxygen atoms in total. The molecule has 0 saturated carbocycles. The van der Waals surface area contributed by atoms with Crippen LogP contribution in [0.15, 0.2) is 71.0 Å². The van der Waals surface area contributed by atoms with E-state index in [9.17, 15) is 4.79 Å². The van der Waals surface area contributed by atoms with E-state index in [1.54, 1.807) is 11.9 Å². The Balaban J connectivity index is 2.28. The fourth-order valence-corrected chi connectivity index (χ4v) is 1.92. The van der Waals surface area contributed by atoms with Gasteiger partial charge in [0.25, 0.3) is 5.91 Å². The molecule has 0 aliphatic carbocycles. The molecule has 1 atom stereocenters. The first-order valence-electron chi connectivity index (χ1n) is 6.21. The molecule has 2 aromatic carbocycles. The molecule has 5 heteroatoms. The molecule has 0 spiro atoms. The summed E-state index contributed by atoms with van der Waals surface area (Å²) in [6, 6.07) is 17.9. The van der Waals surface area contributed by atoms with Crippen molar-refractivity contribution >= 4 is 11.6 Å². The molecule has 1 unspecified atom stereocenters. The van der Waals surface area contributed by atoms with Crippen LogP contribution in [0.5, 0.6) is 0 Å². The Hall–Kier alpha value is -2.69.